The number of phenols is 4. The number of nitrogen functional groups attached to an aromatic ring is 1. The predicted molar refractivity (Wildman–Crippen MR) is 444 cm³/mol. The second-order valence-corrected chi connectivity index (χ2v) is 31.9. The van der Waals surface area contributed by atoms with Crippen molar-refractivity contribution < 1.29 is 127 Å². The number of H-pyrrole nitrogens is 1. The van der Waals surface area contributed by atoms with Crippen LogP contribution in [0.2, 0.25) is 0 Å². The van der Waals surface area contributed by atoms with Crippen LogP contribution < -0.4 is 16.9 Å². The van der Waals surface area contributed by atoms with E-state index in [4.69, 9.17) is 45.6 Å². The van der Waals surface area contributed by atoms with Gasteiger partial charge in [0.25, 0.3) is 15.9 Å². The fourth-order valence-corrected chi connectivity index (χ4v) is 15.5. The van der Waals surface area contributed by atoms with Gasteiger partial charge in [-0.3, -0.25) is 23.7 Å². The Balaban J connectivity index is 0.000000186. The van der Waals surface area contributed by atoms with Gasteiger partial charge in [0.05, 0.1) is 57.9 Å². The quantitative estimate of drug-likeness (QED) is 0.0165. The Morgan fingerprint density at radius 2 is 1.42 bits per heavy atom. The number of hydrogen-bond acceptors (Lipinski definition) is 28. The van der Waals surface area contributed by atoms with Crippen molar-refractivity contribution in [2.75, 3.05) is 31.2 Å². The number of Topliss-reactive ketones (excluding diaryl/α,β-unsaturated/α-hetero) is 2. The van der Waals surface area contributed by atoms with Gasteiger partial charge in [0.1, 0.15) is 93.6 Å². The third-order valence-corrected chi connectivity index (χ3v) is 22.1. The van der Waals surface area contributed by atoms with Crippen molar-refractivity contribution in [3.63, 3.8) is 0 Å². The van der Waals surface area contributed by atoms with Gasteiger partial charge >= 0.3 is 23.9 Å². The summed E-state index contributed by atoms with van der Waals surface area (Å²) in [6.07, 6.45) is 13.5. The van der Waals surface area contributed by atoms with Crippen molar-refractivity contribution in [1.82, 2.24) is 19.9 Å². The lowest BCUT2D eigenvalue weighted by Crippen LogP contribution is -2.66. The molecule has 33 nitrogen and oxygen atoms in total. The molecule has 4 unspecified atom stereocenters. The summed E-state index contributed by atoms with van der Waals surface area (Å²) in [4.78, 5) is 109. The smallest absolute Gasteiger partial charge is 0.354 e. The summed E-state index contributed by atoms with van der Waals surface area (Å²) < 4.78 is 38.6. The lowest BCUT2D eigenvalue weighted by molar-refractivity contribution is -0.272. The van der Waals surface area contributed by atoms with E-state index in [1.165, 1.54) is 120 Å². The number of nitrogens with one attached hydrogen (secondary N) is 1. The number of allylic oxidation sites excluding steroid dienone is 9. The van der Waals surface area contributed by atoms with Crippen LogP contribution in [0.25, 0.3) is 33.4 Å². The Morgan fingerprint density at radius 3 is 2.02 bits per heavy atom. The average Bonchev–Trinajstić information content (AvgIpc) is 0.958. The largest absolute Gasteiger partial charge is 0.508 e. The van der Waals surface area contributed by atoms with E-state index in [1.807, 2.05) is 19.1 Å². The number of pyridine rings is 1. The normalized spacial score (nSPS) is 18.4. The number of aromatic hydroxyl groups is 4. The van der Waals surface area contributed by atoms with Crippen LogP contribution in [0.1, 0.15) is 179 Å². The number of carboxylic acid groups (broad SMARTS) is 4. The van der Waals surface area contributed by atoms with Gasteiger partial charge in [0, 0.05) is 66.3 Å². The van der Waals surface area contributed by atoms with Gasteiger partial charge in [-0.15, -0.1) is 11.3 Å². The van der Waals surface area contributed by atoms with Crippen LogP contribution in [0.4, 0.5) is 5.82 Å². The maximum Gasteiger partial charge on any atom is 0.354 e. The lowest BCUT2D eigenvalue weighted by atomic mass is 9.65. The second-order valence-electron chi connectivity index (χ2n) is 29.3. The van der Waals surface area contributed by atoms with Crippen molar-refractivity contribution in [2.24, 2.45) is 11.1 Å². The highest BCUT2D eigenvalue weighted by atomic mass is 32.2. The number of phenolic OH excluding ortho intramolecular Hbond substituents is 4. The number of aryl methyl sites for hydroxylation is 1. The summed E-state index contributed by atoms with van der Waals surface area (Å²) in [5.74, 6) is -9.11. The molecule has 1 aliphatic heterocycles. The number of hydrogen-bond donors (Lipinski definition) is 18. The van der Waals surface area contributed by atoms with Gasteiger partial charge in [0.15, 0.2) is 5.43 Å². The second kappa shape index (κ2) is 40.0. The van der Waals surface area contributed by atoms with Gasteiger partial charge in [-0.2, -0.15) is 8.42 Å². The van der Waals surface area contributed by atoms with E-state index in [0.717, 1.165) is 41.7 Å². The highest BCUT2D eigenvalue weighted by molar-refractivity contribution is 7.85. The minimum absolute atomic E-state index is 0.0289. The molecule has 640 valence electrons. The average molecular weight is 1710 g/mol. The van der Waals surface area contributed by atoms with Gasteiger partial charge in [-0.1, -0.05) is 85.7 Å². The van der Waals surface area contributed by atoms with Crippen LogP contribution in [0.15, 0.2) is 171 Å². The van der Waals surface area contributed by atoms with E-state index >= 15 is 0 Å². The molecule has 0 amide bonds. The highest BCUT2D eigenvalue weighted by Gasteiger charge is 2.57. The molecule has 35 heteroatoms. The van der Waals surface area contributed by atoms with Crippen LogP contribution in [-0.2, 0) is 39.1 Å². The Morgan fingerprint density at radius 1 is 0.744 bits per heavy atom. The first-order chi connectivity index (χ1) is 56.9. The number of aromatic carboxylic acids is 3. The molecule has 4 aliphatic rings. The van der Waals surface area contributed by atoms with E-state index < -0.39 is 129 Å². The zero-order chi connectivity index (χ0) is 89.6. The molecule has 20 N–H and O–H groups in total. The number of ketones is 3. The van der Waals surface area contributed by atoms with Crippen molar-refractivity contribution >= 4 is 79.5 Å². The number of aliphatic carboxylic acids is 1. The Bertz CT molecular complexity index is 5810. The highest BCUT2D eigenvalue weighted by Crippen LogP contribution is 2.52. The maximum absolute atomic E-state index is 13.2. The van der Waals surface area contributed by atoms with Crippen LogP contribution in [0.3, 0.4) is 0 Å². The van der Waals surface area contributed by atoms with Crippen molar-refractivity contribution in [3.8, 4) is 45.4 Å². The Labute approximate surface area is 696 Å². The first-order valence-electron chi connectivity index (χ1n) is 37.2. The molecule has 1 saturated heterocycles. The number of rotatable bonds is 18. The number of aliphatic hydroxyl groups excluding tert-OH is 6. The standard InChI is InChI=1S/C22H24O9.C20H28O2.C15H10O4.C14H6N2O8.C13H17N3OS.C2H7NO3S/c1-22(21(30)20(29)18(27)14(8-24)31-22)17-10-3-2-4-12(25)15(10)19(28)16-11(17)5-9(7-23)6-13(16)26;1-15(8-6-9-16(2)14-19(21)22)11-12-18-17(3)10-7-13-20(18,4)5;16-10-3-1-9(2-4-10)13-8-19-14-7-11(17)5-6-12(14)15(13)18;17-10-4-2-6(14(23)24)15-8(4)7-3(12(19)20)1-5(13(21)22)16-9(7)11(10)18;1-8-11(7-18-12(8)3-4-17)5-10-6-15-9(2)16-13(10)14;3-1-2-7(4,5)6/h2-6,14,17-18,20-21,23-27,29-30H,7-8H2,1H3;6,8-9,11-12,14H,7,10,13H2,1-5H3,(H,21,22);1-8,16-17H;1-2,15H,(H,19,20)(H,21,22)(H,23,24);6-7,17H,3-5H2,1-2H3,(H2,14,15,16);1-3H2,(H,4,5,6)/b;9-6+,12-11+,15-8+,16-14+;;;;/t14?,17?,18-,20?,21+,22?;;;;;/m1...../s1. The third-order valence-electron chi connectivity index (χ3n) is 20.2. The molecule has 0 saturated carbocycles. The number of nitrogens with zero attached hydrogens (tertiary/aromatic N) is 3. The van der Waals surface area contributed by atoms with E-state index in [2.05, 4.69) is 72.1 Å². The summed E-state index contributed by atoms with van der Waals surface area (Å²) in [7, 11) is -3.80. The number of nitrogens with two attached hydrogens (primary N) is 2. The van der Waals surface area contributed by atoms with Gasteiger partial charge in [-0.05, 0) is 165 Å². The first kappa shape index (κ1) is 94.0. The molecule has 0 radical (unpaired) electrons. The number of anilines is 1. The molecule has 9 aromatic rings. The lowest BCUT2D eigenvalue weighted by Gasteiger charge is -2.51. The Kier molecular flexibility index (Phi) is 31.1. The van der Waals surface area contributed by atoms with E-state index in [1.54, 1.807) is 48.7 Å². The summed E-state index contributed by atoms with van der Waals surface area (Å²) in [6, 6.07) is 19.4. The van der Waals surface area contributed by atoms with E-state index in [0.29, 0.717) is 39.3 Å². The summed E-state index contributed by atoms with van der Waals surface area (Å²) in [5, 5.41) is 138. The van der Waals surface area contributed by atoms with Crippen molar-refractivity contribution in [2.45, 2.75) is 130 Å². The zero-order valence-electron chi connectivity index (χ0n) is 66.7. The van der Waals surface area contributed by atoms with Gasteiger partial charge in [0.2, 0.25) is 11.6 Å². The molecule has 121 heavy (non-hydrogen) atoms. The number of aliphatic hydroxyl groups is 6. The molecule has 6 heterocycles. The maximum atomic E-state index is 13.2. The number of aromatic nitrogens is 4. The molecule has 1 fully saturated rings. The third kappa shape index (κ3) is 22.3. The van der Waals surface area contributed by atoms with Gasteiger partial charge in [-0.25, -0.2) is 34.1 Å². The zero-order valence-corrected chi connectivity index (χ0v) is 68.3. The number of thiophene rings is 1. The molecule has 3 aliphatic carbocycles. The number of benzene rings is 4. The summed E-state index contributed by atoms with van der Waals surface area (Å²) >= 11 is 1.69. The van der Waals surface area contributed by atoms with Crippen molar-refractivity contribution in [3.05, 3.63) is 255 Å². The fourth-order valence-electron chi connectivity index (χ4n) is 14.1. The topological polar surface area (TPSA) is 603 Å². The minimum atomic E-state index is -3.80. The number of carbonyl (C=O) groups excluding carboxylic acids is 3. The number of carboxylic acids is 4. The molecule has 0 spiro atoms. The number of carbonyl (C=O) groups is 7. The molecular weight excluding hydrogens is 1610 g/mol. The minimum Gasteiger partial charge on any atom is -0.508 e. The summed E-state index contributed by atoms with van der Waals surface area (Å²) in [5.41, 5.74) is 16.1. The van der Waals surface area contributed by atoms with E-state index in [-0.39, 0.29) is 86.1 Å². The van der Waals surface area contributed by atoms with Crippen molar-refractivity contribution in [1.29, 1.82) is 0 Å². The van der Waals surface area contributed by atoms with Gasteiger partial charge < -0.3 is 97.1 Å². The van der Waals surface area contributed by atoms with Crippen LogP contribution >= 0.6 is 11.3 Å². The van der Waals surface area contributed by atoms with Crippen LogP contribution in [0, 0.1) is 19.3 Å². The first-order valence-corrected chi connectivity index (χ1v) is 39.7. The molecular formula is C86H92N6O27S2. The molecule has 5 aromatic heterocycles. The van der Waals surface area contributed by atoms with E-state index in [9.17, 15) is 97.8 Å². The fraction of sp³-hybridized carbons (Fsp3) is 0.291. The molecule has 13 rings (SSSR count). The Hall–Kier alpha value is -12.5. The molecule has 4 aromatic carbocycles. The molecule has 0 bridgehead atoms. The molecule has 6 atom stereocenters. The number of ether oxygens (including phenoxy) is 1. The number of aromatic amines is 1. The predicted octanol–water partition coefficient (Wildman–Crippen LogP) is 9.22. The number of fused-ring (bicyclic) bond motifs is 6. The monoisotopic (exact) mass is 1700 g/mol. The SMILES string of the molecule is CC1(C2c3cccc(O)c3C(=O)c3c(O)cc(CO)cc32)OC(CO)[C@@H](O)C(O)[C@@H]1O.CC1=C(/C=C/C(C)=C/C=C/C(C)=C/C(=O)O)C(C)(C)CCC1.Cc1ncc(Cc2csc(CCO)c2C)c(N)n1.NCCS(=O)(=O)O.O=C(O)c1cc(C(=O)O)c2c(n1)C(=O)C(=O)c1cc(C(=O)O)[nH]c1-2.O=c1c(-c2ccc(O)cc2)coc2cc(O)ccc12. The van der Waals surface area contributed by atoms with Crippen LogP contribution in [0.5, 0.6) is 23.0 Å². The summed E-state index contributed by atoms with van der Waals surface area (Å²) in [6.45, 7) is 15.2. The van der Waals surface area contributed by atoms with Crippen LogP contribution in [-0.4, -0.2) is 201 Å².